The molecule has 0 aliphatic rings. The van der Waals surface area contributed by atoms with Crippen molar-refractivity contribution in [3.8, 4) is 17.6 Å². The van der Waals surface area contributed by atoms with Gasteiger partial charge in [0.05, 0.1) is 0 Å². The molecule has 2 aromatic rings. The standard InChI is InChI=1S/C16H12Cl2O2/c17-14-8-15(18)10-16(9-14)20-11-13-5-3-12(4-6-13)2-1-7-19/h3-6,8-10,19H,7,11H2. The maximum absolute atomic E-state index is 8.62. The van der Waals surface area contributed by atoms with Crippen molar-refractivity contribution in [1.82, 2.24) is 0 Å². The molecule has 0 bridgehead atoms. The van der Waals surface area contributed by atoms with Crippen molar-refractivity contribution in [2.75, 3.05) is 6.61 Å². The predicted molar refractivity (Wildman–Crippen MR) is 81.2 cm³/mol. The average Bonchev–Trinajstić information content (AvgIpc) is 2.43. The molecule has 0 saturated carbocycles. The molecule has 1 N–H and O–H groups in total. The minimum atomic E-state index is -0.139. The first kappa shape index (κ1) is 14.7. The lowest BCUT2D eigenvalue weighted by atomic mass is 10.1. The van der Waals surface area contributed by atoms with Gasteiger partial charge >= 0.3 is 0 Å². The van der Waals surface area contributed by atoms with Gasteiger partial charge < -0.3 is 9.84 Å². The van der Waals surface area contributed by atoms with Crippen LogP contribution in [-0.2, 0) is 6.61 Å². The van der Waals surface area contributed by atoms with Crippen molar-refractivity contribution in [2.45, 2.75) is 6.61 Å². The summed E-state index contributed by atoms with van der Waals surface area (Å²) in [6.45, 7) is 0.283. The fourth-order valence-electron chi connectivity index (χ4n) is 1.60. The highest BCUT2D eigenvalue weighted by Crippen LogP contribution is 2.24. The van der Waals surface area contributed by atoms with Crippen molar-refractivity contribution < 1.29 is 9.84 Å². The Bertz CT molecular complexity index is 620. The van der Waals surface area contributed by atoms with Crippen LogP contribution in [0.25, 0.3) is 0 Å². The zero-order valence-electron chi connectivity index (χ0n) is 10.6. The van der Waals surface area contributed by atoms with Gasteiger partial charge in [-0.1, -0.05) is 47.2 Å². The van der Waals surface area contributed by atoms with E-state index in [2.05, 4.69) is 11.8 Å². The lowest BCUT2D eigenvalue weighted by Gasteiger charge is -2.07. The van der Waals surface area contributed by atoms with Gasteiger partial charge in [-0.2, -0.15) is 0 Å². The zero-order valence-corrected chi connectivity index (χ0v) is 12.1. The van der Waals surface area contributed by atoms with Crippen molar-refractivity contribution in [3.63, 3.8) is 0 Å². The van der Waals surface area contributed by atoms with Crippen LogP contribution in [0, 0.1) is 11.8 Å². The number of benzene rings is 2. The molecule has 0 amide bonds. The number of aliphatic hydroxyl groups excluding tert-OH is 1. The van der Waals surface area contributed by atoms with Crippen LogP contribution in [0.1, 0.15) is 11.1 Å². The van der Waals surface area contributed by atoms with Gasteiger partial charge in [-0.15, -0.1) is 0 Å². The molecule has 4 heteroatoms. The molecule has 0 aliphatic heterocycles. The Morgan fingerprint density at radius 3 is 2.25 bits per heavy atom. The normalized spacial score (nSPS) is 9.75. The molecule has 0 aromatic heterocycles. The first-order valence-corrected chi connectivity index (χ1v) is 6.70. The maximum atomic E-state index is 8.62. The number of halogens is 2. The van der Waals surface area contributed by atoms with E-state index in [1.807, 2.05) is 24.3 Å². The summed E-state index contributed by atoms with van der Waals surface area (Å²) in [5.74, 6) is 6.06. The summed E-state index contributed by atoms with van der Waals surface area (Å²) in [6, 6.07) is 12.7. The van der Waals surface area contributed by atoms with Crippen molar-refractivity contribution in [3.05, 3.63) is 63.6 Å². The summed E-state index contributed by atoms with van der Waals surface area (Å²) in [5.41, 5.74) is 1.87. The number of aliphatic hydroxyl groups is 1. The first-order valence-electron chi connectivity index (χ1n) is 5.95. The van der Waals surface area contributed by atoms with Gasteiger partial charge in [0.25, 0.3) is 0 Å². The van der Waals surface area contributed by atoms with Gasteiger partial charge in [0, 0.05) is 15.6 Å². The highest BCUT2D eigenvalue weighted by atomic mass is 35.5. The van der Waals surface area contributed by atoms with Gasteiger partial charge in [0.15, 0.2) is 0 Å². The summed E-state index contributed by atoms with van der Waals surface area (Å²) in [7, 11) is 0. The Morgan fingerprint density at radius 2 is 1.65 bits per heavy atom. The van der Waals surface area contributed by atoms with Crippen LogP contribution in [-0.4, -0.2) is 11.7 Å². The second kappa shape index (κ2) is 7.21. The highest BCUT2D eigenvalue weighted by Gasteiger charge is 2.00. The lowest BCUT2D eigenvalue weighted by molar-refractivity contribution is 0.306. The molecule has 0 saturated heterocycles. The van der Waals surface area contributed by atoms with Crippen LogP contribution in [0.5, 0.6) is 5.75 Å². The van der Waals surface area contributed by atoms with E-state index < -0.39 is 0 Å². The van der Waals surface area contributed by atoms with E-state index in [1.165, 1.54) is 0 Å². The molecule has 0 aliphatic carbocycles. The second-order valence-electron chi connectivity index (χ2n) is 4.05. The molecule has 0 fully saturated rings. The van der Waals surface area contributed by atoms with Crippen molar-refractivity contribution in [1.29, 1.82) is 0 Å². The van der Waals surface area contributed by atoms with Crippen LogP contribution >= 0.6 is 23.2 Å². The summed E-state index contributed by atoms with van der Waals surface area (Å²) in [5, 5.41) is 9.71. The molecule has 0 unspecified atom stereocenters. The predicted octanol–water partition coefficient (Wildman–Crippen LogP) is 3.92. The largest absolute Gasteiger partial charge is 0.489 e. The Kier molecular flexibility index (Phi) is 5.31. The van der Waals surface area contributed by atoms with Gasteiger partial charge in [-0.05, 0) is 35.9 Å². The van der Waals surface area contributed by atoms with Crippen LogP contribution in [0.4, 0.5) is 0 Å². The van der Waals surface area contributed by atoms with E-state index in [4.69, 9.17) is 33.0 Å². The monoisotopic (exact) mass is 306 g/mol. The summed E-state index contributed by atoms with van der Waals surface area (Å²) in [6.07, 6.45) is 0. The van der Waals surface area contributed by atoms with Gasteiger partial charge in [0.1, 0.15) is 19.0 Å². The fraction of sp³-hybridized carbons (Fsp3) is 0.125. The first-order chi connectivity index (χ1) is 9.67. The third kappa shape index (κ3) is 4.47. The van der Waals surface area contributed by atoms with Crippen LogP contribution in [0.3, 0.4) is 0 Å². The maximum Gasteiger partial charge on any atom is 0.122 e. The Hall–Kier alpha value is -1.66. The van der Waals surface area contributed by atoms with E-state index >= 15 is 0 Å². The van der Waals surface area contributed by atoms with Gasteiger partial charge in [-0.3, -0.25) is 0 Å². The van der Waals surface area contributed by atoms with E-state index in [1.54, 1.807) is 18.2 Å². The summed E-state index contributed by atoms with van der Waals surface area (Å²) >= 11 is 11.8. The molecule has 0 radical (unpaired) electrons. The lowest BCUT2D eigenvalue weighted by Crippen LogP contribution is -1.95. The quantitative estimate of drug-likeness (QED) is 0.871. The van der Waals surface area contributed by atoms with E-state index in [9.17, 15) is 0 Å². The Morgan fingerprint density at radius 1 is 1.00 bits per heavy atom. The van der Waals surface area contributed by atoms with Crippen molar-refractivity contribution >= 4 is 23.2 Å². The molecule has 2 aromatic carbocycles. The minimum absolute atomic E-state index is 0.139. The van der Waals surface area contributed by atoms with Crippen LogP contribution < -0.4 is 4.74 Å². The highest BCUT2D eigenvalue weighted by molar-refractivity contribution is 6.34. The molecular weight excluding hydrogens is 295 g/mol. The van der Waals surface area contributed by atoms with Gasteiger partial charge in [0.2, 0.25) is 0 Å². The number of rotatable bonds is 3. The van der Waals surface area contributed by atoms with Crippen molar-refractivity contribution in [2.24, 2.45) is 0 Å². The number of hydrogen-bond donors (Lipinski definition) is 1. The third-order valence-electron chi connectivity index (χ3n) is 2.51. The molecule has 102 valence electrons. The summed E-state index contributed by atoms with van der Waals surface area (Å²) < 4.78 is 5.63. The molecule has 2 rings (SSSR count). The third-order valence-corrected chi connectivity index (χ3v) is 2.94. The fourth-order valence-corrected chi connectivity index (χ4v) is 2.11. The second-order valence-corrected chi connectivity index (χ2v) is 4.92. The van der Waals surface area contributed by atoms with Crippen LogP contribution in [0.2, 0.25) is 10.0 Å². The molecule has 0 spiro atoms. The summed E-state index contributed by atoms with van der Waals surface area (Å²) in [4.78, 5) is 0. The average molecular weight is 307 g/mol. The Balaban J connectivity index is 2.00. The van der Waals surface area contributed by atoms with Crippen LogP contribution in [0.15, 0.2) is 42.5 Å². The topological polar surface area (TPSA) is 29.5 Å². The van der Waals surface area contributed by atoms with E-state index in [-0.39, 0.29) is 6.61 Å². The molecular formula is C16H12Cl2O2. The number of ether oxygens (including phenoxy) is 1. The number of hydrogen-bond acceptors (Lipinski definition) is 2. The van der Waals surface area contributed by atoms with Gasteiger partial charge in [-0.25, -0.2) is 0 Å². The molecule has 0 heterocycles. The zero-order chi connectivity index (χ0) is 14.4. The molecule has 20 heavy (non-hydrogen) atoms. The van der Waals surface area contributed by atoms with E-state index in [0.717, 1.165) is 11.1 Å². The minimum Gasteiger partial charge on any atom is -0.489 e. The molecule has 0 atom stereocenters. The Labute approximate surface area is 127 Å². The smallest absolute Gasteiger partial charge is 0.122 e. The van der Waals surface area contributed by atoms with E-state index in [0.29, 0.717) is 22.4 Å². The SMILES string of the molecule is OCC#Cc1ccc(COc2cc(Cl)cc(Cl)c2)cc1. The molecule has 2 nitrogen and oxygen atoms in total.